The Labute approximate surface area is 140 Å². The SMILES string of the molecule is CN1CCN(c2ncccc2CNC(=O)Cc2cccs2)CC1. The van der Waals surface area contributed by atoms with Crippen molar-refractivity contribution in [3.63, 3.8) is 0 Å². The third kappa shape index (κ3) is 4.30. The minimum atomic E-state index is 0.0561. The Kier molecular flexibility index (Phi) is 5.25. The van der Waals surface area contributed by atoms with E-state index < -0.39 is 0 Å². The number of hydrogen-bond donors (Lipinski definition) is 1. The van der Waals surface area contributed by atoms with Gasteiger partial charge < -0.3 is 15.1 Å². The number of piperazine rings is 1. The molecule has 0 aliphatic carbocycles. The Morgan fingerprint density at radius 1 is 1.26 bits per heavy atom. The average Bonchev–Trinajstić information content (AvgIpc) is 3.07. The maximum Gasteiger partial charge on any atom is 0.225 e. The summed E-state index contributed by atoms with van der Waals surface area (Å²) in [5.41, 5.74) is 1.08. The van der Waals surface area contributed by atoms with Gasteiger partial charge in [0.05, 0.1) is 6.42 Å². The van der Waals surface area contributed by atoms with Crippen LogP contribution >= 0.6 is 11.3 Å². The third-order valence-corrected chi connectivity index (χ3v) is 4.94. The Bertz CT molecular complexity index is 636. The topological polar surface area (TPSA) is 48.5 Å². The van der Waals surface area contributed by atoms with Crippen LogP contribution in [0.25, 0.3) is 0 Å². The minimum Gasteiger partial charge on any atom is -0.354 e. The van der Waals surface area contributed by atoms with Crippen molar-refractivity contribution < 1.29 is 4.79 Å². The number of carbonyl (C=O) groups excluding carboxylic acids is 1. The van der Waals surface area contributed by atoms with Crippen molar-refractivity contribution in [3.8, 4) is 0 Å². The average molecular weight is 330 g/mol. The van der Waals surface area contributed by atoms with E-state index in [4.69, 9.17) is 0 Å². The zero-order valence-electron chi connectivity index (χ0n) is 13.4. The lowest BCUT2D eigenvalue weighted by Crippen LogP contribution is -2.45. The molecule has 1 aliphatic rings. The van der Waals surface area contributed by atoms with E-state index in [-0.39, 0.29) is 5.91 Å². The van der Waals surface area contributed by atoms with Crippen LogP contribution in [-0.4, -0.2) is 49.0 Å². The van der Waals surface area contributed by atoms with Crippen molar-refractivity contribution in [1.82, 2.24) is 15.2 Å². The summed E-state index contributed by atoms with van der Waals surface area (Å²) in [7, 11) is 2.14. The molecule has 0 bridgehead atoms. The van der Waals surface area contributed by atoms with Crippen LogP contribution in [0.2, 0.25) is 0 Å². The van der Waals surface area contributed by atoms with E-state index in [1.807, 2.05) is 35.8 Å². The molecule has 1 N–H and O–H groups in total. The Morgan fingerprint density at radius 2 is 2.09 bits per heavy atom. The molecular formula is C17H22N4OS. The monoisotopic (exact) mass is 330 g/mol. The van der Waals surface area contributed by atoms with Crippen molar-refractivity contribution in [2.45, 2.75) is 13.0 Å². The lowest BCUT2D eigenvalue weighted by molar-refractivity contribution is -0.120. The summed E-state index contributed by atoms with van der Waals surface area (Å²) >= 11 is 1.61. The standard InChI is InChI=1S/C17H22N4OS/c1-20-7-9-21(10-8-20)17-14(4-2-6-18-17)13-19-16(22)12-15-5-3-11-23-15/h2-6,11H,7-10,12-13H2,1H3,(H,19,22). The minimum absolute atomic E-state index is 0.0561. The predicted molar refractivity (Wildman–Crippen MR) is 93.8 cm³/mol. The predicted octanol–water partition coefficient (Wildman–Crippen LogP) is 1.75. The molecule has 2 aromatic rings. The first-order chi connectivity index (χ1) is 11.2. The second-order valence-corrected chi connectivity index (χ2v) is 6.84. The van der Waals surface area contributed by atoms with Gasteiger partial charge in [0.2, 0.25) is 5.91 Å². The van der Waals surface area contributed by atoms with Gasteiger partial charge >= 0.3 is 0 Å². The summed E-state index contributed by atoms with van der Waals surface area (Å²) in [4.78, 5) is 22.3. The maximum atomic E-state index is 12.1. The molecule has 0 spiro atoms. The molecule has 5 nitrogen and oxygen atoms in total. The highest BCUT2D eigenvalue weighted by atomic mass is 32.1. The molecule has 1 fully saturated rings. The van der Waals surface area contributed by atoms with E-state index >= 15 is 0 Å². The normalized spacial score (nSPS) is 15.6. The summed E-state index contributed by atoms with van der Waals surface area (Å²) < 4.78 is 0. The number of likely N-dealkylation sites (N-methyl/N-ethyl adjacent to an activating group) is 1. The number of anilines is 1. The van der Waals surface area contributed by atoms with Crippen molar-refractivity contribution in [2.24, 2.45) is 0 Å². The molecule has 2 aromatic heterocycles. The van der Waals surface area contributed by atoms with Gasteiger partial charge in [-0.1, -0.05) is 12.1 Å². The van der Waals surface area contributed by atoms with Crippen molar-refractivity contribution in [3.05, 3.63) is 46.3 Å². The van der Waals surface area contributed by atoms with Gasteiger partial charge in [-0.3, -0.25) is 4.79 Å². The molecule has 0 atom stereocenters. The number of carbonyl (C=O) groups is 1. The highest BCUT2D eigenvalue weighted by molar-refractivity contribution is 7.10. The van der Waals surface area contributed by atoms with Gasteiger partial charge in [-0.25, -0.2) is 4.98 Å². The van der Waals surface area contributed by atoms with E-state index in [0.717, 1.165) is 42.4 Å². The summed E-state index contributed by atoms with van der Waals surface area (Å²) in [6.07, 6.45) is 2.27. The maximum absolute atomic E-state index is 12.1. The fourth-order valence-electron chi connectivity index (χ4n) is 2.70. The quantitative estimate of drug-likeness (QED) is 0.907. The van der Waals surface area contributed by atoms with E-state index in [1.54, 1.807) is 11.3 Å². The van der Waals surface area contributed by atoms with Crippen LogP contribution in [0.3, 0.4) is 0 Å². The van der Waals surface area contributed by atoms with E-state index in [9.17, 15) is 4.79 Å². The number of nitrogens with one attached hydrogen (secondary N) is 1. The Balaban J connectivity index is 1.60. The molecule has 122 valence electrons. The number of hydrogen-bond acceptors (Lipinski definition) is 5. The molecule has 3 rings (SSSR count). The van der Waals surface area contributed by atoms with E-state index in [0.29, 0.717) is 13.0 Å². The first-order valence-corrected chi connectivity index (χ1v) is 8.77. The molecule has 3 heterocycles. The second-order valence-electron chi connectivity index (χ2n) is 5.81. The number of pyridine rings is 1. The molecule has 1 saturated heterocycles. The fraction of sp³-hybridized carbons (Fsp3) is 0.412. The number of nitrogens with zero attached hydrogens (tertiary/aromatic N) is 3. The Morgan fingerprint density at radius 3 is 2.83 bits per heavy atom. The lowest BCUT2D eigenvalue weighted by Gasteiger charge is -2.34. The molecule has 6 heteroatoms. The molecule has 0 aromatic carbocycles. The molecule has 1 amide bonds. The van der Waals surface area contributed by atoms with Crippen LogP contribution in [0.15, 0.2) is 35.8 Å². The van der Waals surface area contributed by atoms with Gasteiger partial charge in [0.15, 0.2) is 0 Å². The first-order valence-electron chi connectivity index (χ1n) is 7.89. The van der Waals surface area contributed by atoms with Crippen LogP contribution in [0, 0.1) is 0 Å². The molecule has 0 saturated carbocycles. The number of thiophene rings is 1. The zero-order valence-corrected chi connectivity index (χ0v) is 14.2. The number of rotatable bonds is 5. The van der Waals surface area contributed by atoms with Gasteiger partial charge in [-0.2, -0.15) is 0 Å². The van der Waals surface area contributed by atoms with Gasteiger partial charge in [-0.05, 0) is 24.6 Å². The molecule has 23 heavy (non-hydrogen) atoms. The first kappa shape index (κ1) is 16.0. The van der Waals surface area contributed by atoms with Gasteiger partial charge in [0.25, 0.3) is 0 Å². The fourth-order valence-corrected chi connectivity index (χ4v) is 3.40. The van der Waals surface area contributed by atoms with Gasteiger partial charge in [0.1, 0.15) is 5.82 Å². The number of aromatic nitrogens is 1. The number of amides is 1. The van der Waals surface area contributed by atoms with Gasteiger partial charge in [0, 0.05) is 49.4 Å². The summed E-state index contributed by atoms with van der Waals surface area (Å²) in [5, 5.41) is 5.01. The largest absolute Gasteiger partial charge is 0.354 e. The van der Waals surface area contributed by atoms with Crippen LogP contribution < -0.4 is 10.2 Å². The van der Waals surface area contributed by atoms with Crippen molar-refractivity contribution in [1.29, 1.82) is 0 Å². The van der Waals surface area contributed by atoms with E-state index in [1.165, 1.54) is 0 Å². The van der Waals surface area contributed by atoms with Crippen LogP contribution in [0.1, 0.15) is 10.4 Å². The highest BCUT2D eigenvalue weighted by Crippen LogP contribution is 2.18. The van der Waals surface area contributed by atoms with Crippen molar-refractivity contribution in [2.75, 3.05) is 38.1 Å². The zero-order chi connectivity index (χ0) is 16.1. The summed E-state index contributed by atoms with van der Waals surface area (Å²) in [5.74, 6) is 1.05. The molecule has 0 radical (unpaired) electrons. The van der Waals surface area contributed by atoms with Crippen LogP contribution in [-0.2, 0) is 17.8 Å². The Hall–Kier alpha value is -1.92. The summed E-state index contributed by atoms with van der Waals surface area (Å²) in [6.45, 7) is 4.56. The molecular weight excluding hydrogens is 308 g/mol. The third-order valence-electron chi connectivity index (χ3n) is 4.06. The smallest absolute Gasteiger partial charge is 0.225 e. The second kappa shape index (κ2) is 7.57. The highest BCUT2D eigenvalue weighted by Gasteiger charge is 2.18. The van der Waals surface area contributed by atoms with Crippen LogP contribution in [0.5, 0.6) is 0 Å². The van der Waals surface area contributed by atoms with Crippen LogP contribution in [0.4, 0.5) is 5.82 Å². The molecule has 1 aliphatic heterocycles. The van der Waals surface area contributed by atoms with Gasteiger partial charge in [-0.15, -0.1) is 11.3 Å². The van der Waals surface area contributed by atoms with E-state index in [2.05, 4.69) is 27.1 Å². The lowest BCUT2D eigenvalue weighted by atomic mass is 10.2. The molecule has 0 unspecified atom stereocenters. The summed E-state index contributed by atoms with van der Waals surface area (Å²) in [6, 6.07) is 7.94. The van der Waals surface area contributed by atoms with Crippen molar-refractivity contribution >= 4 is 23.1 Å².